The first-order valence-electron chi connectivity index (χ1n) is 4.88. The molecular formula is C11H14N4. The van der Waals surface area contributed by atoms with E-state index < -0.39 is 0 Å². The Balaban J connectivity index is 2.11. The number of hydrogen-bond donors (Lipinski definition) is 1. The fourth-order valence-electron chi connectivity index (χ4n) is 1.60. The van der Waals surface area contributed by atoms with Crippen molar-refractivity contribution < 1.29 is 0 Å². The van der Waals surface area contributed by atoms with Gasteiger partial charge in [0.15, 0.2) is 0 Å². The summed E-state index contributed by atoms with van der Waals surface area (Å²) in [5, 5.41) is 0. The van der Waals surface area contributed by atoms with Crippen LogP contribution < -0.4 is 5.73 Å². The molecule has 2 aromatic rings. The summed E-state index contributed by atoms with van der Waals surface area (Å²) in [7, 11) is 1.95. The van der Waals surface area contributed by atoms with Gasteiger partial charge in [-0.15, -0.1) is 0 Å². The van der Waals surface area contributed by atoms with E-state index >= 15 is 0 Å². The van der Waals surface area contributed by atoms with Gasteiger partial charge in [-0.2, -0.15) is 0 Å². The largest absolute Gasteiger partial charge is 0.336 e. The molecule has 2 heterocycles. The van der Waals surface area contributed by atoms with E-state index in [1.165, 1.54) is 5.56 Å². The van der Waals surface area contributed by atoms with Crippen molar-refractivity contribution in [2.24, 2.45) is 12.8 Å². The molecule has 0 fully saturated rings. The van der Waals surface area contributed by atoms with Crippen LogP contribution in [0.15, 0.2) is 37.1 Å². The van der Waals surface area contributed by atoms with Crippen molar-refractivity contribution in [2.75, 3.05) is 0 Å². The molecule has 2 rings (SSSR count). The minimum absolute atomic E-state index is 0.0140. The molecule has 1 atom stereocenters. The van der Waals surface area contributed by atoms with Gasteiger partial charge < -0.3 is 10.3 Å². The Hall–Kier alpha value is -1.68. The fourth-order valence-corrected chi connectivity index (χ4v) is 1.60. The highest BCUT2D eigenvalue weighted by Gasteiger charge is 2.10. The monoisotopic (exact) mass is 202 g/mol. The standard InChI is InChI=1S/C11H14N4/c1-15-8-14-7-11(15)10(12)6-9-2-4-13-5-3-9/h2-5,7-8,10H,6,12H2,1H3. The van der Waals surface area contributed by atoms with Gasteiger partial charge in [-0.3, -0.25) is 4.98 Å². The van der Waals surface area contributed by atoms with E-state index in [0.29, 0.717) is 0 Å². The zero-order chi connectivity index (χ0) is 10.7. The molecule has 1 unspecified atom stereocenters. The first-order valence-corrected chi connectivity index (χ1v) is 4.88. The molecule has 0 saturated heterocycles. The summed E-state index contributed by atoms with van der Waals surface area (Å²) in [5.41, 5.74) is 8.33. The highest BCUT2D eigenvalue weighted by Crippen LogP contribution is 2.14. The lowest BCUT2D eigenvalue weighted by Crippen LogP contribution is -2.16. The molecule has 0 aromatic carbocycles. The SMILES string of the molecule is Cn1cncc1C(N)Cc1ccncc1. The second-order valence-corrected chi connectivity index (χ2v) is 3.60. The topological polar surface area (TPSA) is 56.7 Å². The second-order valence-electron chi connectivity index (χ2n) is 3.60. The lowest BCUT2D eigenvalue weighted by atomic mass is 10.1. The molecule has 0 aliphatic rings. The van der Waals surface area contributed by atoms with Crippen LogP contribution >= 0.6 is 0 Å². The number of aryl methyl sites for hydroxylation is 1. The Morgan fingerprint density at radius 1 is 1.33 bits per heavy atom. The predicted molar refractivity (Wildman–Crippen MR) is 58.1 cm³/mol. The quantitative estimate of drug-likeness (QED) is 0.809. The van der Waals surface area contributed by atoms with Gasteiger partial charge >= 0.3 is 0 Å². The number of pyridine rings is 1. The molecular weight excluding hydrogens is 188 g/mol. The molecule has 78 valence electrons. The molecule has 0 spiro atoms. The summed E-state index contributed by atoms with van der Waals surface area (Å²) in [6.07, 6.45) is 7.95. The van der Waals surface area contributed by atoms with Crippen LogP contribution in [0.4, 0.5) is 0 Å². The van der Waals surface area contributed by atoms with Crippen LogP contribution in [-0.2, 0) is 13.5 Å². The maximum atomic E-state index is 6.09. The average molecular weight is 202 g/mol. The van der Waals surface area contributed by atoms with Crippen LogP contribution in [0.25, 0.3) is 0 Å². The third kappa shape index (κ3) is 2.22. The minimum Gasteiger partial charge on any atom is -0.336 e. The van der Waals surface area contributed by atoms with Gasteiger partial charge in [0.2, 0.25) is 0 Å². The highest BCUT2D eigenvalue weighted by atomic mass is 15.0. The molecule has 0 bridgehead atoms. The molecule has 2 aromatic heterocycles. The molecule has 15 heavy (non-hydrogen) atoms. The predicted octanol–water partition coefficient (Wildman–Crippen LogP) is 1.06. The summed E-state index contributed by atoms with van der Waals surface area (Å²) >= 11 is 0. The first-order chi connectivity index (χ1) is 7.27. The Kier molecular flexibility index (Phi) is 2.78. The number of hydrogen-bond acceptors (Lipinski definition) is 3. The van der Waals surface area contributed by atoms with Gasteiger partial charge in [-0.25, -0.2) is 4.98 Å². The smallest absolute Gasteiger partial charge is 0.0946 e. The normalized spacial score (nSPS) is 12.7. The fraction of sp³-hybridized carbons (Fsp3) is 0.273. The average Bonchev–Trinajstić information content (AvgIpc) is 2.66. The van der Waals surface area contributed by atoms with E-state index in [4.69, 9.17) is 5.73 Å². The Morgan fingerprint density at radius 3 is 2.67 bits per heavy atom. The molecule has 4 nitrogen and oxygen atoms in total. The van der Waals surface area contributed by atoms with Crippen molar-refractivity contribution in [3.63, 3.8) is 0 Å². The van der Waals surface area contributed by atoms with Crippen molar-refractivity contribution in [1.82, 2.24) is 14.5 Å². The van der Waals surface area contributed by atoms with Crippen LogP contribution in [0.3, 0.4) is 0 Å². The maximum Gasteiger partial charge on any atom is 0.0946 e. The van der Waals surface area contributed by atoms with E-state index in [2.05, 4.69) is 9.97 Å². The lowest BCUT2D eigenvalue weighted by Gasteiger charge is -2.11. The Bertz CT molecular complexity index is 421. The van der Waals surface area contributed by atoms with Gasteiger partial charge in [-0.05, 0) is 24.1 Å². The first kappa shape index (κ1) is 9.86. The number of aromatic nitrogens is 3. The molecule has 0 radical (unpaired) electrons. The van der Waals surface area contributed by atoms with Crippen LogP contribution in [-0.4, -0.2) is 14.5 Å². The molecule has 4 heteroatoms. The van der Waals surface area contributed by atoms with E-state index in [-0.39, 0.29) is 6.04 Å². The van der Waals surface area contributed by atoms with Crippen LogP contribution in [0, 0.1) is 0 Å². The summed E-state index contributed by atoms with van der Waals surface area (Å²) in [6.45, 7) is 0. The molecule has 0 aliphatic heterocycles. The summed E-state index contributed by atoms with van der Waals surface area (Å²) in [5.74, 6) is 0. The van der Waals surface area contributed by atoms with Crippen LogP contribution in [0.2, 0.25) is 0 Å². The number of nitrogens with zero attached hydrogens (tertiary/aromatic N) is 3. The second kappa shape index (κ2) is 4.23. The van der Waals surface area contributed by atoms with E-state index in [1.54, 1.807) is 18.7 Å². The van der Waals surface area contributed by atoms with E-state index in [1.807, 2.05) is 29.9 Å². The minimum atomic E-state index is -0.0140. The molecule has 2 N–H and O–H groups in total. The molecule has 0 aliphatic carbocycles. The summed E-state index contributed by atoms with van der Waals surface area (Å²) in [6, 6.07) is 3.95. The van der Waals surface area contributed by atoms with Gasteiger partial charge in [0.25, 0.3) is 0 Å². The van der Waals surface area contributed by atoms with Crippen molar-refractivity contribution in [3.05, 3.63) is 48.3 Å². The van der Waals surface area contributed by atoms with Crippen molar-refractivity contribution >= 4 is 0 Å². The van der Waals surface area contributed by atoms with Gasteiger partial charge in [0.1, 0.15) is 0 Å². The summed E-state index contributed by atoms with van der Waals surface area (Å²) in [4.78, 5) is 8.03. The van der Waals surface area contributed by atoms with Crippen LogP contribution in [0.1, 0.15) is 17.3 Å². The third-order valence-corrected chi connectivity index (χ3v) is 2.44. The van der Waals surface area contributed by atoms with Crippen molar-refractivity contribution in [3.8, 4) is 0 Å². The lowest BCUT2D eigenvalue weighted by molar-refractivity contribution is 0.655. The van der Waals surface area contributed by atoms with Gasteiger partial charge in [0.05, 0.1) is 18.1 Å². The highest BCUT2D eigenvalue weighted by molar-refractivity contribution is 5.15. The number of rotatable bonds is 3. The number of imidazole rings is 1. The Labute approximate surface area is 88.8 Å². The molecule has 0 saturated carbocycles. The zero-order valence-electron chi connectivity index (χ0n) is 8.67. The Morgan fingerprint density at radius 2 is 2.07 bits per heavy atom. The van der Waals surface area contributed by atoms with Gasteiger partial charge in [-0.1, -0.05) is 0 Å². The van der Waals surface area contributed by atoms with Crippen molar-refractivity contribution in [1.29, 1.82) is 0 Å². The summed E-state index contributed by atoms with van der Waals surface area (Å²) < 4.78 is 1.95. The van der Waals surface area contributed by atoms with E-state index in [0.717, 1.165) is 12.1 Å². The van der Waals surface area contributed by atoms with E-state index in [9.17, 15) is 0 Å². The zero-order valence-corrected chi connectivity index (χ0v) is 8.67. The third-order valence-electron chi connectivity index (χ3n) is 2.44. The number of nitrogens with two attached hydrogens (primary N) is 1. The van der Waals surface area contributed by atoms with Crippen LogP contribution in [0.5, 0.6) is 0 Å². The molecule has 0 amide bonds. The van der Waals surface area contributed by atoms with Gasteiger partial charge in [0, 0.05) is 25.6 Å². The maximum absolute atomic E-state index is 6.09. The van der Waals surface area contributed by atoms with Crippen molar-refractivity contribution in [2.45, 2.75) is 12.5 Å².